The van der Waals surface area contributed by atoms with Crippen LogP contribution in [-0.2, 0) is 0 Å². The second-order valence-electron chi connectivity index (χ2n) is 4.91. The molecule has 0 bridgehead atoms. The molecule has 0 spiro atoms. The first-order valence-electron chi connectivity index (χ1n) is 6.65. The van der Waals surface area contributed by atoms with E-state index in [9.17, 15) is 4.39 Å². The van der Waals surface area contributed by atoms with Crippen LogP contribution in [0.5, 0.6) is 0 Å². The van der Waals surface area contributed by atoms with E-state index in [0.717, 1.165) is 27.3 Å². The molecule has 2 unspecified atom stereocenters. The lowest BCUT2D eigenvalue weighted by Crippen LogP contribution is -1.97. The van der Waals surface area contributed by atoms with Gasteiger partial charge in [-0.1, -0.05) is 54.6 Å². The van der Waals surface area contributed by atoms with Gasteiger partial charge in [0.2, 0.25) is 0 Å². The van der Waals surface area contributed by atoms with E-state index in [4.69, 9.17) is 0 Å². The lowest BCUT2D eigenvalue weighted by Gasteiger charge is -2.09. The predicted molar refractivity (Wildman–Crippen MR) is 96.0 cm³/mol. The summed E-state index contributed by atoms with van der Waals surface area (Å²) in [6, 6.07) is 21.2. The molecule has 104 valence electrons. The van der Waals surface area contributed by atoms with E-state index in [1.807, 2.05) is 60.7 Å². The van der Waals surface area contributed by atoms with Gasteiger partial charge in [-0.05, 0) is 39.4 Å². The summed E-state index contributed by atoms with van der Waals surface area (Å²) in [5.41, 5.74) is 3.45. The Morgan fingerprint density at radius 3 is 2.14 bits per heavy atom. The lowest BCUT2D eigenvalue weighted by atomic mass is 9.99. The van der Waals surface area contributed by atoms with Crippen molar-refractivity contribution < 1.29 is 4.39 Å². The highest BCUT2D eigenvalue weighted by atomic mass is 31.0. The van der Waals surface area contributed by atoms with Gasteiger partial charge < -0.3 is 0 Å². The Labute approximate surface area is 128 Å². The van der Waals surface area contributed by atoms with Crippen LogP contribution in [0.3, 0.4) is 0 Å². The molecule has 0 amide bonds. The number of hydrogen-bond donors (Lipinski definition) is 0. The van der Waals surface area contributed by atoms with Crippen molar-refractivity contribution in [3.05, 3.63) is 72.5 Å². The SMILES string of the molecule is Fc1cc(-c2ccccc2P)ccc1-c1cccc(P)c1. The average molecular weight is 312 g/mol. The molecule has 0 N–H and O–H groups in total. The summed E-state index contributed by atoms with van der Waals surface area (Å²) in [6.07, 6.45) is 0. The van der Waals surface area contributed by atoms with Crippen molar-refractivity contribution in [2.45, 2.75) is 0 Å². The molecular formula is C18H15FP2. The molecule has 0 saturated heterocycles. The Morgan fingerprint density at radius 2 is 1.43 bits per heavy atom. The average Bonchev–Trinajstić information content (AvgIpc) is 2.47. The number of halogens is 1. The van der Waals surface area contributed by atoms with Crippen LogP contribution < -0.4 is 10.6 Å². The molecule has 0 heterocycles. The summed E-state index contributed by atoms with van der Waals surface area (Å²) in [5, 5.41) is 2.11. The Bertz CT molecular complexity index is 797. The van der Waals surface area contributed by atoms with E-state index >= 15 is 0 Å². The Hall–Kier alpha value is -1.55. The highest BCUT2D eigenvalue weighted by molar-refractivity contribution is 7.28. The minimum absolute atomic E-state index is 0.198. The monoisotopic (exact) mass is 312 g/mol. The van der Waals surface area contributed by atoms with E-state index in [1.165, 1.54) is 0 Å². The molecule has 3 heteroatoms. The second-order valence-corrected chi connectivity index (χ2v) is 6.20. The summed E-state index contributed by atoms with van der Waals surface area (Å²) in [4.78, 5) is 0. The molecule has 0 aliphatic carbocycles. The first-order valence-corrected chi connectivity index (χ1v) is 7.81. The highest BCUT2D eigenvalue weighted by Crippen LogP contribution is 2.27. The third-order valence-electron chi connectivity index (χ3n) is 3.44. The van der Waals surface area contributed by atoms with Gasteiger partial charge in [-0.15, -0.1) is 18.5 Å². The fraction of sp³-hybridized carbons (Fsp3) is 0. The molecule has 0 saturated carbocycles. The molecule has 0 aliphatic rings. The molecule has 21 heavy (non-hydrogen) atoms. The molecule has 3 rings (SSSR count). The summed E-state index contributed by atoms with van der Waals surface area (Å²) in [5.74, 6) is -0.198. The minimum Gasteiger partial charge on any atom is -0.206 e. The van der Waals surface area contributed by atoms with Crippen molar-refractivity contribution in [3.63, 3.8) is 0 Å². The minimum atomic E-state index is -0.198. The zero-order valence-electron chi connectivity index (χ0n) is 11.4. The smallest absolute Gasteiger partial charge is 0.131 e. The first kappa shape index (κ1) is 14.4. The maximum absolute atomic E-state index is 14.5. The van der Waals surface area contributed by atoms with E-state index < -0.39 is 0 Å². The number of rotatable bonds is 2. The van der Waals surface area contributed by atoms with Gasteiger partial charge in [-0.25, -0.2) is 4.39 Å². The van der Waals surface area contributed by atoms with Crippen molar-refractivity contribution in [1.82, 2.24) is 0 Å². The lowest BCUT2D eigenvalue weighted by molar-refractivity contribution is 0.632. The van der Waals surface area contributed by atoms with Crippen molar-refractivity contribution >= 4 is 29.1 Å². The standard InChI is InChI=1S/C18H15FP2/c19-17-11-13(16-6-1-2-7-18(16)21)8-9-15(17)12-4-3-5-14(20)10-12/h1-11H,20-21H2. The maximum atomic E-state index is 14.5. The quantitative estimate of drug-likeness (QED) is 0.623. The normalized spacial score (nSPS) is 10.6. The molecule has 3 aromatic carbocycles. The Morgan fingerprint density at radius 1 is 0.667 bits per heavy atom. The van der Waals surface area contributed by atoms with Gasteiger partial charge in [-0.3, -0.25) is 0 Å². The molecule has 0 radical (unpaired) electrons. The number of benzene rings is 3. The summed E-state index contributed by atoms with van der Waals surface area (Å²) in [7, 11) is 5.33. The van der Waals surface area contributed by atoms with Crippen LogP contribution in [0.15, 0.2) is 66.7 Å². The molecular weight excluding hydrogens is 297 g/mol. The zero-order chi connectivity index (χ0) is 14.8. The van der Waals surface area contributed by atoms with Gasteiger partial charge in [0.15, 0.2) is 0 Å². The van der Waals surface area contributed by atoms with Crippen molar-refractivity contribution in [1.29, 1.82) is 0 Å². The Kier molecular flexibility index (Phi) is 4.15. The van der Waals surface area contributed by atoms with Gasteiger partial charge in [0.1, 0.15) is 5.82 Å². The predicted octanol–water partition coefficient (Wildman–Crippen LogP) is 4.16. The van der Waals surface area contributed by atoms with Crippen molar-refractivity contribution in [2.75, 3.05) is 0 Å². The largest absolute Gasteiger partial charge is 0.206 e. The van der Waals surface area contributed by atoms with Gasteiger partial charge in [0.05, 0.1) is 0 Å². The van der Waals surface area contributed by atoms with Crippen LogP contribution in [0.1, 0.15) is 0 Å². The highest BCUT2D eigenvalue weighted by Gasteiger charge is 2.08. The summed E-state index contributed by atoms with van der Waals surface area (Å²) >= 11 is 0. The third kappa shape index (κ3) is 3.05. The van der Waals surface area contributed by atoms with Crippen LogP contribution in [0.25, 0.3) is 22.3 Å². The van der Waals surface area contributed by atoms with E-state index in [-0.39, 0.29) is 5.82 Å². The first-order chi connectivity index (χ1) is 10.1. The van der Waals surface area contributed by atoms with Crippen LogP contribution in [0.4, 0.5) is 4.39 Å². The summed E-state index contributed by atoms with van der Waals surface area (Å²) in [6.45, 7) is 0. The van der Waals surface area contributed by atoms with E-state index in [2.05, 4.69) is 18.5 Å². The van der Waals surface area contributed by atoms with Crippen LogP contribution >= 0.6 is 18.5 Å². The van der Waals surface area contributed by atoms with Crippen molar-refractivity contribution in [2.24, 2.45) is 0 Å². The van der Waals surface area contributed by atoms with E-state index in [0.29, 0.717) is 5.56 Å². The summed E-state index contributed by atoms with van der Waals surface area (Å²) < 4.78 is 14.5. The third-order valence-corrected chi connectivity index (χ3v) is 4.30. The fourth-order valence-corrected chi connectivity index (χ4v) is 3.05. The molecule has 2 atom stereocenters. The maximum Gasteiger partial charge on any atom is 0.131 e. The van der Waals surface area contributed by atoms with E-state index in [1.54, 1.807) is 6.07 Å². The zero-order valence-corrected chi connectivity index (χ0v) is 13.7. The van der Waals surface area contributed by atoms with Gasteiger partial charge in [-0.2, -0.15) is 0 Å². The molecule has 0 fully saturated rings. The van der Waals surface area contributed by atoms with Gasteiger partial charge in [0, 0.05) is 5.56 Å². The van der Waals surface area contributed by atoms with Gasteiger partial charge in [0.25, 0.3) is 0 Å². The van der Waals surface area contributed by atoms with Crippen LogP contribution in [-0.4, -0.2) is 0 Å². The van der Waals surface area contributed by atoms with Crippen LogP contribution in [0, 0.1) is 5.82 Å². The van der Waals surface area contributed by atoms with Crippen LogP contribution in [0.2, 0.25) is 0 Å². The molecule has 3 aromatic rings. The van der Waals surface area contributed by atoms with Crippen molar-refractivity contribution in [3.8, 4) is 22.3 Å². The molecule has 0 aliphatic heterocycles. The molecule has 0 nitrogen and oxygen atoms in total. The van der Waals surface area contributed by atoms with Gasteiger partial charge >= 0.3 is 0 Å². The second kappa shape index (κ2) is 6.06. The molecule has 0 aromatic heterocycles. The Balaban J connectivity index is 2.07. The fourth-order valence-electron chi connectivity index (χ4n) is 2.38. The topological polar surface area (TPSA) is 0 Å². The number of hydrogen-bond acceptors (Lipinski definition) is 0.